The van der Waals surface area contributed by atoms with Gasteiger partial charge in [-0.2, -0.15) is 0 Å². The SMILES string of the molecule is Cc1ccc([C@H]2Oc3ccccc3O[C@H]2C(=O)Nc2cccc3cccnc23)cc1C. The number of hydrogen-bond acceptors (Lipinski definition) is 4. The summed E-state index contributed by atoms with van der Waals surface area (Å²) < 4.78 is 12.4. The van der Waals surface area contributed by atoms with Crippen LogP contribution in [-0.2, 0) is 4.79 Å². The molecule has 1 amide bonds. The highest BCUT2D eigenvalue weighted by molar-refractivity contribution is 6.02. The van der Waals surface area contributed by atoms with Gasteiger partial charge in [-0.1, -0.05) is 48.5 Å². The molecule has 4 aromatic rings. The maximum atomic E-state index is 13.4. The molecule has 2 heterocycles. The molecule has 0 unspecified atom stereocenters. The zero-order valence-corrected chi connectivity index (χ0v) is 17.3. The van der Waals surface area contributed by atoms with Crippen molar-refractivity contribution in [2.45, 2.75) is 26.1 Å². The first kappa shape index (κ1) is 19.1. The molecule has 1 N–H and O–H groups in total. The van der Waals surface area contributed by atoms with Gasteiger partial charge in [-0.3, -0.25) is 9.78 Å². The molecular weight excluding hydrogens is 388 g/mol. The monoisotopic (exact) mass is 410 g/mol. The van der Waals surface area contributed by atoms with Gasteiger partial charge in [0.15, 0.2) is 17.6 Å². The first-order valence-corrected chi connectivity index (χ1v) is 10.2. The number of anilines is 1. The van der Waals surface area contributed by atoms with Crippen molar-refractivity contribution in [2.75, 3.05) is 5.32 Å². The van der Waals surface area contributed by atoms with Crippen molar-refractivity contribution < 1.29 is 14.3 Å². The average Bonchev–Trinajstić information content (AvgIpc) is 2.80. The Morgan fingerprint density at radius 3 is 2.45 bits per heavy atom. The molecule has 154 valence electrons. The number of pyridine rings is 1. The number of benzene rings is 3. The van der Waals surface area contributed by atoms with E-state index in [4.69, 9.17) is 9.47 Å². The van der Waals surface area contributed by atoms with Crippen molar-refractivity contribution in [2.24, 2.45) is 0 Å². The summed E-state index contributed by atoms with van der Waals surface area (Å²) in [5.74, 6) is 0.899. The fourth-order valence-corrected chi connectivity index (χ4v) is 3.83. The molecule has 5 rings (SSSR count). The van der Waals surface area contributed by atoms with Crippen molar-refractivity contribution in [1.29, 1.82) is 0 Å². The van der Waals surface area contributed by atoms with Crippen LogP contribution >= 0.6 is 0 Å². The van der Waals surface area contributed by atoms with Gasteiger partial charge in [0.25, 0.3) is 5.91 Å². The molecule has 3 aromatic carbocycles. The number of para-hydroxylation sites is 3. The number of nitrogens with one attached hydrogen (secondary N) is 1. The van der Waals surface area contributed by atoms with E-state index in [-0.39, 0.29) is 5.91 Å². The third kappa shape index (κ3) is 3.59. The van der Waals surface area contributed by atoms with Gasteiger partial charge in [-0.05, 0) is 54.8 Å². The van der Waals surface area contributed by atoms with E-state index in [9.17, 15) is 4.79 Å². The minimum absolute atomic E-state index is 0.282. The van der Waals surface area contributed by atoms with Gasteiger partial charge < -0.3 is 14.8 Å². The molecule has 0 bridgehead atoms. The molecule has 0 radical (unpaired) electrons. The Hall–Kier alpha value is -3.86. The number of carbonyl (C=O) groups excluding carboxylic acids is 1. The molecule has 5 heteroatoms. The summed E-state index contributed by atoms with van der Waals surface area (Å²) in [7, 11) is 0. The second kappa shape index (κ2) is 7.76. The molecule has 1 aromatic heterocycles. The number of carbonyl (C=O) groups is 1. The van der Waals surface area contributed by atoms with Gasteiger partial charge in [0.05, 0.1) is 11.2 Å². The number of rotatable bonds is 3. The molecule has 0 saturated heterocycles. The lowest BCUT2D eigenvalue weighted by Gasteiger charge is -2.33. The molecule has 5 nitrogen and oxygen atoms in total. The Bertz CT molecular complexity index is 1280. The molecule has 1 aliphatic heterocycles. The lowest BCUT2D eigenvalue weighted by atomic mass is 9.98. The number of ether oxygens (including phenoxy) is 2. The van der Waals surface area contributed by atoms with Crippen LogP contribution in [0.5, 0.6) is 11.5 Å². The summed E-state index contributed by atoms with van der Waals surface area (Å²) in [4.78, 5) is 17.8. The Balaban J connectivity index is 1.52. The van der Waals surface area contributed by atoms with Crippen LogP contribution in [0, 0.1) is 13.8 Å². The number of amides is 1. The third-order valence-electron chi connectivity index (χ3n) is 5.64. The summed E-state index contributed by atoms with van der Waals surface area (Å²) >= 11 is 0. The van der Waals surface area contributed by atoms with E-state index in [0.717, 1.165) is 22.0 Å². The minimum atomic E-state index is -0.851. The number of fused-ring (bicyclic) bond motifs is 2. The minimum Gasteiger partial charge on any atom is -0.477 e. The van der Waals surface area contributed by atoms with Crippen molar-refractivity contribution in [3.63, 3.8) is 0 Å². The summed E-state index contributed by atoms with van der Waals surface area (Å²) in [6.45, 7) is 4.11. The highest BCUT2D eigenvalue weighted by atomic mass is 16.6. The number of aryl methyl sites for hydroxylation is 2. The predicted molar refractivity (Wildman–Crippen MR) is 121 cm³/mol. The van der Waals surface area contributed by atoms with Crippen molar-refractivity contribution >= 4 is 22.5 Å². The molecular formula is C26H22N2O3. The maximum Gasteiger partial charge on any atom is 0.269 e. The van der Waals surface area contributed by atoms with E-state index in [1.54, 1.807) is 6.20 Å². The van der Waals surface area contributed by atoms with Gasteiger partial charge in [-0.15, -0.1) is 0 Å². The van der Waals surface area contributed by atoms with Gasteiger partial charge in [0, 0.05) is 11.6 Å². The lowest BCUT2D eigenvalue weighted by Crippen LogP contribution is -2.42. The van der Waals surface area contributed by atoms with Crippen LogP contribution in [-0.4, -0.2) is 17.0 Å². The fourth-order valence-electron chi connectivity index (χ4n) is 3.83. The van der Waals surface area contributed by atoms with Crippen LogP contribution in [0.1, 0.15) is 22.8 Å². The standard InChI is InChI=1S/C26H22N2O3/c1-16-12-13-19(15-17(16)2)24-25(31-22-11-4-3-10-21(22)30-24)26(29)28-20-9-5-7-18-8-6-14-27-23(18)20/h3-15,24-25H,1-2H3,(H,28,29)/t24-,25-/m1/s1. The first-order chi connectivity index (χ1) is 15.1. The smallest absolute Gasteiger partial charge is 0.269 e. The highest BCUT2D eigenvalue weighted by Crippen LogP contribution is 2.40. The Labute approximate surface area is 180 Å². The number of aromatic nitrogens is 1. The summed E-state index contributed by atoms with van der Waals surface area (Å²) in [6.07, 6.45) is 0.292. The van der Waals surface area contributed by atoms with Gasteiger partial charge in [-0.25, -0.2) is 0 Å². The quantitative estimate of drug-likeness (QED) is 0.493. The molecule has 1 aliphatic rings. The van der Waals surface area contributed by atoms with Gasteiger partial charge in [0.2, 0.25) is 6.10 Å². The second-order valence-corrected chi connectivity index (χ2v) is 7.74. The second-order valence-electron chi connectivity index (χ2n) is 7.74. The van der Waals surface area contributed by atoms with Crippen molar-refractivity contribution in [3.8, 4) is 11.5 Å². The third-order valence-corrected chi connectivity index (χ3v) is 5.64. The van der Waals surface area contributed by atoms with E-state index in [0.29, 0.717) is 17.2 Å². The lowest BCUT2D eigenvalue weighted by molar-refractivity contribution is -0.128. The number of nitrogens with zero attached hydrogens (tertiary/aromatic N) is 1. The normalized spacial score (nSPS) is 17.4. The average molecular weight is 410 g/mol. The topological polar surface area (TPSA) is 60.5 Å². The van der Waals surface area contributed by atoms with E-state index in [1.165, 1.54) is 5.56 Å². The summed E-state index contributed by atoms with van der Waals surface area (Å²) in [5, 5.41) is 3.96. The molecule has 31 heavy (non-hydrogen) atoms. The van der Waals surface area contributed by atoms with E-state index >= 15 is 0 Å². The predicted octanol–water partition coefficient (Wildman–Crippen LogP) is 5.37. The van der Waals surface area contributed by atoms with Crippen molar-refractivity contribution in [1.82, 2.24) is 4.98 Å². The maximum absolute atomic E-state index is 13.4. The molecule has 0 spiro atoms. The van der Waals surface area contributed by atoms with Crippen molar-refractivity contribution in [3.05, 3.63) is 95.7 Å². The molecule has 2 atom stereocenters. The van der Waals surface area contributed by atoms with E-state index in [2.05, 4.69) is 23.3 Å². The van der Waals surface area contributed by atoms with Crippen LogP contribution in [0.15, 0.2) is 79.0 Å². The van der Waals surface area contributed by atoms with Crippen LogP contribution in [0.25, 0.3) is 10.9 Å². The Kier molecular flexibility index (Phi) is 4.79. The zero-order valence-electron chi connectivity index (χ0n) is 17.3. The van der Waals surface area contributed by atoms with Gasteiger partial charge >= 0.3 is 0 Å². The van der Waals surface area contributed by atoms with E-state index in [1.807, 2.05) is 73.7 Å². The van der Waals surface area contributed by atoms with Gasteiger partial charge in [0.1, 0.15) is 0 Å². The van der Waals surface area contributed by atoms with Crippen LogP contribution in [0.4, 0.5) is 5.69 Å². The molecule has 0 aliphatic carbocycles. The molecule has 0 saturated carbocycles. The van der Waals surface area contributed by atoms with Crippen LogP contribution in [0.2, 0.25) is 0 Å². The Morgan fingerprint density at radius 1 is 0.871 bits per heavy atom. The van der Waals surface area contributed by atoms with Crippen LogP contribution < -0.4 is 14.8 Å². The molecule has 0 fully saturated rings. The van der Waals surface area contributed by atoms with E-state index < -0.39 is 12.2 Å². The highest BCUT2D eigenvalue weighted by Gasteiger charge is 2.38. The zero-order chi connectivity index (χ0) is 21.4. The number of hydrogen-bond donors (Lipinski definition) is 1. The first-order valence-electron chi connectivity index (χ1n) is 10.2. The largest absolute Gasteiger partial charge is 0.477 e. The summed E-state index contributed by atoms with van der Waals surface area (Å²) in [5.41, 5.74) is 4.59. The Morgan fingerprint density at radius 2 is 1.65 bits per heavy atom. The summed E-state index contributed by atoms with van der Waals surface area (Å²) in [6, 6.07) is 23.0. The fraction of sp³-hybridized carbons (Fsp3) is 0.154. The van der Waals surface area contributed by atoms with Crippen LogP contribution in [0.3, 0.4) is 0 Å².